The van der Waals surface area contributed by atoms with Gasteiger partial charge in [0.25, 0.3) is 0 Å². The van der Waals surface area contributed by atoms with Gasteiger partial charge in [-0.05, 0) is 31.9 Å². The first-order chi connectivity index (χ1) is 7.83. The van der Waals surface area contributed by atoms with E-state index < -0.39 is 0 Å². The van der Waals surface area contributed by atoms with Crippen molar-refractivity contribution in [2.24, 2.45) is 5.41 Å². The Kier molecular flexibility index (Phi) is 2.20. The molecule has 1 aromatic rings. The third kappa shape index (κ3) is 1.60. The van der Waals surface area contributed by atoms with Crippen LogP contribution >= 0.6 is 0 Å². The van der Waals surface area contributed by atoms with Crippen LogP contribution in [-0.2, 0) is 0 Å². The van der Waals surface area contributed by atoms with E-state index in [4.69, 9.17) is 4.74 Å². The van der Waals surface area contributed by atoms with Crippen LogP contribution in [0.15, 0.2) is 18.2 Å². The monoisotopic (exact) mass is 218 g/mol. The van der Waals surface area contributed by atoms with Crippen molar-refractivity contribution in [3.8, 4) is 5.75 Å². The molecule has 86 valence electrons. The van der Waals surface area contributed by atoms with Crippen molar-refractivity contribution >= 4 is 11.4 Å². The molecular formula is C13H18N2O. The number of hydrogen-bond acceptors (Lipinski definition) is 3. The quantitative estimate of drug-likeness (QED) is 0.800. The van der Waals surface area contributed by atoms with E-state index in [0.717, 1.165) is 24.5 Å². The third-order valence-corrected chi connectivity index (χ3v) is 3.58. The highest BCUT2D eigenvalue weighted by Crippen LogP contribution is 2.48. The van der Waals surface area contributed by atoms with Crippen LogP contribution in [0.2, 0.25) is 0 Å². The van der Waals surface area contributed by atoms with Gasteiger partial charge in [-0.3, -0.25) is 0 Å². The van der Waals surface area contributed by atoms with Gasteiger partial charge >= 0.3 is 0 Å². The molecule has 3 heteroatoms. The summed E-state index contributed by atoms with van der Waals surface area (Å²) < 4.78 is 5.65. The molecule has 0 bridgehead atoms. The molecule has 3 rings (SSSR count). The molecule has 1 aliphatic carbocycles. The van der Waals surface area contributed by atoms with E-state index in [1.54, 1.807) is 0 Å². The zero-order valence-corrected chi connectivity index (χ0v) is 9.68. The standard InChI is InChI=1S/C13H18N2O/c1-2-16-11-5-3-4-10-12(11)15-9-13(6-7-13)8-14-10/h3-5,14-15H,2,6-9H2,1H3. The highest BCUT2D eigenvalue weighted by molar-refractivity contribution is 5.76. The average Bonchev–Trinajstić information content (AvgIpc) is 3.08. The summed E-state index contributed by atoms with van der Waals surface area (Å²) in [7, 11) is 0. The van der Waals surface area contributed by atoms with Crippen LogP contribution in [0.4, 0.5) is 11.4 Å². The van der Waals surface area contributed by atoms with E-state index in [1.165, 1.54) is 18.5 Å². The van der Waals surface area contributed by atoms with E-state index >= 15 is 0 Å². The maximum absolute atomic E-state index is 5.65. The topological polar surface area (TPSA) is 33.3 Å². The SMILES string of the molecule is CCOc1cccc2c1NCC1(CC1)CN2. The van der Waals surface area contributed by atoms with Gasteiger partial charge in [0.2, 0.25) is 0 Å². The smallest absolute Gasteiger partial charge is 0.144 e. The van der Waals surface area contributed by atoms with Gasteiger partial charge in [-0.2, -0.15) is 0 Å². The Morgan fingerprint density at radius 3 is 2.81 bits per heavy atom. The van der Waals surface area contributed by atoms with Crippen molar-refractivity contribution in [2.45, 2.75) is 19.8 Å². The molecule has 1 aliphatic heterocycles. The zero-order valence-electron chi connectivity index (χ0n) is 9.68. The first kappa shape index (κ1) is 9.82. The van der Waals surface area contributed by atoms with E-state index in [2.05, 4.69) is 16.7 Å². The summed E-state index contributed by atoms with van der Waals surface area (Å²) in [5.74, 6) is 0.963. The first-order valence-corrected chi connectivity index (χ1v) is 6.07. The van der Waals surface area contributed by atoms with Crippen LogP contribution in [-0.4, -0.2) is 19.7 Å². The highest BCUT2D eigenvalue weighted by Gasteiger charge is 2.43. The predicted octanol–water partition coefficient (Wildman–Crippen LogP) is 2.70. The highest BCUT2D eigenvalue weighted by atomic mass is 16.5. The second-order valence-electron chi connectivity index (χ2n) is 4.82. The number of ether oxygens (including phenoxy) is 1. The molecule has 1 heterocycles. The number of fused-ring (bicyclic) bond motifs is 1. The van der Waals surface area contributed by atoms with Crippen molar-refractivity contribution in [3.63, 3.8) is 0 Å². The Balaban J connectivity index is 1.90. The summed E-state index contributed by atoms with van der Waals surface area (Å²) in [6.07, 6.45) is 2.68. The van der Waals surface area contributed by atoms with E-state index in [-0.39, 0.29) is 0 Å². The van der Waals surface area contributed by atoms with Crippen LogP contribution in [0.25, 0.3) is 0 Å². The fraction of sp³-hybridized carbons (Fsp3) is 0.538. The first-order valence-electron chi connectivity index (χ1n) is 6.07. The van der Waals surface area contributed by atoms with Crippen LogP contribution in [0.3, 0.4) is 0 Å². The predicted molar refractivity (Wildman–Crippen MR) is 66.3 cm³/mol. The van der Waals surface area contributed by atoms with Crippen molar-refractivity contribution in [1.82, 2.24) is 0 Å². The summed E-state index contributed by atoms with van der Waals surface area (Å²) in [5.41, 5.74) is 2.81. The van der Waals surface area contributed by atoms with Gasteiger partial charge in [0, 0.05) is 18.5 Å². The maximum Gasteiger partial charge on any atom is 0.144 e. The fourth-order valence-corrected chi connectivity index (χ4v) is 2.29. The lowest BCUT2D eigenvalue weighted by Crippen LogP contribution is -2.19. The molecule has 16 heavy (non-hydrogen) atoms. The number of hydrogen-bond donors (Lipinski definition) is 2. The molecule has 0 unspecified atom stereocenters. The second kappa shape index (κ2) is 3.58. The molecule has 0 radical (unpaired) electrons. The Morgan fingerprint density at radius 2 is 2.06 bits per heavy atom. The molecule has 0 atom stereocenters. The molecule has 0 aromatic heterocycles. The molecule has 0 saturated heterocycles. The van der Waals surface area contributed by atoms with Gasteiger partial charge in [0.1, 0.15) is 11.4 Å². The third-order valence-electron chi connectivity index (χ3n) is 3.58. The van der Waals surface area contributed by atoms with Gasteiger partial charge in [-0.25, -0.2) is 0 Å². The van der Waals surface area contributed by atoms with E-state index in [9.17, 15) is 0 Å². The van der Waals surface area contributed by atoms with Crippen molar-refractivity contribution < 1.29 is 4.74 Å². The Hall–Kier alpha value is -1.38. The van der Waals surface area contributed by atoms with Gasteiger partial charge < -0.3 is 15.4 Å². The normalized spacial score (nSPS) is 20.3. The zero-order chi connectivity index (χ0) is 11.0. The number of benzene rings is 1. The fourth-order valence-electron chi connectivity index (χ4n) is 2.29. The molecule has 1 spiro atoms. The lowest BCUT2D eigenvalue weighted by molar-refractivity contribution is 0.342. The molecule has 1 fully saturated rings. The molecule has 3 nitrogen and oxygen atoms in total. The largest absolute Gasteiger partial charge is 0.492 e. The Morgan fingerprint density at radius 1 is 1.25 bits per heavy atom. The van der Waals surface area contributed by atoms with E-state index in [0.29, 0.717) is 12.0 Å². The summed E-state index contributed by atoms with van der Waals surface area (Å²) in [5, 5.41) is 7.08. The van der Waals surface area contributed by atoms with Crippen molar-refractivity contribution in [2.75, 3.05) is 30.3 Å². The summed E-state index contributed by atoms with van der Waals surface area (Å²) >= 11 is 0. The second-order valence-corrected chi connectivity index (χ2v) is 4.82. The Bertz CT molecular complexity index is 399. The van der Waals surface area contributed by atoms with Crippen molar-refractivity contribution in [1.29, 1.82) is 0 Å². The molecular weight excluding hydrogens is 200 g/mol. The van der Waals surface area contributed by atoms with Gasteiger partial charge in [0.15, 0.2) is 0 Å². The molecule has 2 N–H and O–H groups in total. The van der Waals surface area contributed by atoms with Crippen LogP contribution in [0, 0.1) is 5.41 Å². The number of anilines is 2. The minimum Gasteiger partial charge on any atom is -0.492 e. The average molecular weight is 218 g/mol. The summed E-state index contributed by atoms with van der Waals surface area (Å²) in [6.45, 7) is 4.88. The lowest BCUT2D eigenvalue weighted by atomic mass is 10.1. The molecule has 2 aliphatic rings. The van der Waals surface area contributed by atoms with Gasteiger partial charge in [0.05, 0.1) is 12.3 Å². The van der Waals surface area contributed by atoms with Crippen LogP contribution in [0.1, 0.15) is 19.8 Å². The van der Waals surface area contributed by atoms with Crippen molar-refractivity contribution in [3.05, 3.63) is 18.2 Å². The van der Waals surface area contributed by atoms with Crippen LogP contribution in [0.5, 0.6) is 5.75 Å². The summed E-state index contributed by atoms with van der Waals surface area (Å²) in [4.78, 5) is 0. The van der Waals surface area contributed by atoms with Crippen LogP contribution < -0.4 is 15.4 Å². The van der Waals surface area contributed by atoms with Gasteiger partial charge in [-0.1, -0.05) is 6.07 Å². The van der Waals surface area contributed by atoms with Gasteiger partial charge in [-0.15, -0.1) is 0 Å². The lowest BCUT2D eigenvalue weighted by Gasteiger charge is -2.13. The maximum atomic E-state index is 5.65. The number of para-hydroxylation sites is 1. The Labute approximate surface area is 96.2 Å². The number of nitrogens with one attached hydrogen (secondary N) is 2. The minimum atomic E-state index is 0.502. The molecule has 1 saturated carbocycles. The minimum absolute atomic E-state index is 0.502. The molecule has 0 amide bonds. The number of rotatable bonds is 2. The molecule has 1 aromatic carbocycles. The summed E-state index contributed by atoms with van der Waals surface area (Å²) in [6, 6.07) is 6.19. The van der Waals surface area contributed by atoms with E-state index in [1.807, 2.05) is 19.1 Å².